The second-order valence-corrected chi connectivity index (χ2v) is 2.97. The Labute approximate surface area is 93.2 Å². The van der Waals surface area contributed by atoms with Crippen LogP contribution < -0.4 is 0 Å². The average molecular weight is 211 g/mol. The molecule has 0 rings (SSSR count). The Bertz CT molecular complexity index is 232. The van der Waals surface area contributed by atoms with Crippen LogP contribution in [0.3, 0.4) is 0 Å². The quantitative estimate of drug-likeness (QED) is 0.483. The van der Waals surface area contributed by atoms with Gasteiger partial charge in [-0.1, -0.05) is 0 Å². The van der Waals surface area contributed by atoms with E-state index in [2.05, 4.69) is 0 Å². The third-order valence-corrected chi connectivity index (χ3v) is 2.11. The van der Waals surface area contributed by atoms with E-state index < -0.39 is 28.5 Å². The predicted molar refractivity (Wildman–Crippen MR) is 50.9 cm³/mol. The monoisotopic (exact) mass is 211 g/mol. The molecule has 0 saturated carbocycles. The van der Waals surface area contributed by atoms with Crippen LogP contribution in [0, 0.1) is 5.41 Å². The van der Waals surface area contributed by atoms with E-state index in [1.165, 1.54) is 0 Å². The molecule has 0 aromatic carbocycles. The van der Waals surface area contributed by atoms with E-state index in [1.807, 2.05) is 0 Å². The van der Waals surface area contributed by atoms with Crippen LogP contribution >= 0.6 is 0 Å². The van der Waals surface area contributed by atoms with E-state index in [1.54, 1.807) is 0 Å². The minimum atomic E-state index is -2.06. The molecular weight excluding hydrogens is 199 g/mol. The molecular formula is C9H12AlO4+3. The van der Waals surface area contributed by atoms with Crippen LogP contribution in [-0.2, 0) is 19.2 Å². The van der Waals surface area contributed by atoms with Crippen molar-refractivity contribution in [2.75, 3.05) is 0 Å². The molecule has 0 aromatic rings. The van der Waals surface area contributed by atoms with Crippen molar-refractivity contribution in [3.05, 3.63) is 0 Å². The van der Waals surface area contributed by atoms with Crippen LogP contribution in [0.15, 0.2) is 0 Å². The number of carbonyl (C=O) groups is 4. The minimum absolute atomic E-state index is 0. The Kier molecular flexibility index (Phi) is 5.80. The summed E-state index contributed by atoms with van der Waals surface area (Å²) in [6, 6.07) is 0. The Hall–Kier alpha value is -0.788. The van der Waals surface area contributed by atoms with E-state index >= 15 is 0 Å². The van der Waals surface area contributed by atoms with Crippen LogP contribution in [0.2, 0.25) is 0 Å². The number of hydrogen-bond acceptors (Lipinski definition) is 4. The zero-order chi connectivity index (χ0) is 10.8. The van der Waals surface area contributed by atoms with Crippen molar-refractivity contribution in [3.8, 4) is 0 Å². The fraction of sp³-hybridized carbons (Fsp3) is 0.556. The van der Waals surface area contributed by atoms with Gasteiger partial charge in [-0.05, 0) is 27.7 Å². The largest absolute Gasteiger partial charge is 3.00 e. The summed E-state index contributed by atoms with van der Waals surface area (Å²) in [7, 11) is 0. The van der Waals surface area contributed by atoms with Crippen molar-refractivity contribution < 1.29 is 19.2 Å². The maximum absolute atomic E-state index is 11.1. The van der Waals surface area contributed by atoms with Gasteiger partial charge in [-0.15, -0.1) is 0 Å². The van der Waals surface area contributed by atoms with E-state index in [0.29, 0.717) is 0 Å². The van der Waals surface area contributed by atoms with Gasteiger partial charge in [0.25, 0.3) is 0 Å². The smallest absolute Gasteiger partial charge is 0.298 e. The molecule has 5 heteroatoms. The number of ketones is 4. The van der Waals surface area contributed by atoms with Gasteiger partial charge in [-0.2, -0.15) is 0 Å². The Balaban J connectivity index is 0. The standard InChI is InChI=1S/C9H12O4.Al/c1-5(10)9(6(2)11,7(3)12)8(4)13;/h1-4H3;/q;+3. The van der Waals surface area contributed by atoms with E-state index in [4.69, 9.17) is 0 Å². The normalized spacial score (nSPS) is 10.0. The molecule has 0 N–H and O–H groups in total. The van der Waals surface area contributed by atoms with E-state index in [0.717, 1.165) is 27.7 Å². The fourth-order valence-electron chi connectivity index (χ4n) is 1.49. The van der Waals surface area contributed by atoms with Crippen LogP contribution in [0.1, 0.15) is 27.7 Å². The van der Waals surface area contributed by atoms with Gasteiger partial charge in [0.15, 0.2) is 23.1 Å². The van der Waals surface area contributed by atoms with Crippen molar-refractivity contribution in [2.24, 2.45) is 5.41 Å². The van der Waals surface area contributed by atoms with Gasteiger partial charge in [0.05, 0.1) is 0 Å². The van der Waals surface area contributed by atoms with Gasteiger partial charge in [-0.3, -0.25) is 19.2 Å². The molecule has 0 saturated heterocycles. The zero-order valence-electron chi connectivity index (χ0n) is 8.71. The third-order valence-electron chi connectivity index (χ3n) is 2.11. The van der Waals surface area contributed by atoms with Crippen molar-refractivity contribution >= 4 is 40.5 Å². The second-order valence-electron chi connectivity index (χ2n) is 2.97. The van der Waals surface area contributed by atoms with Gasteiger partial charge >= 0.3 is 17.4 Å². The van der Waals surface area contributed by atoms with Crippen molar-refractivity contribution in [1.82, 2.24) is 0 Å². The molecule has 0 aliphatic rings. The maximum atomic E-state index is 11.1. The SMILES string of the molecule is CC(=O)C(C(C)=O)(C(C)=O)C(C)=O.[Al+3]. The van der Waals surface area contributed by atoms with E-state index in [9.17, 15) is 19.2 Å². The molecule has 0 amide bonds. The van der Waals surface area contributed by atoms with Crippen LogP contribution in [0.5, 0.6) is 0 Å². The molecule has 0 unspecified atom stereocenters. The second kappa shape index (κ2) is 5.18. The molecule has 0 spiro atoms. The summed E-state index contributed by atoms with van der Waals surface area (Å²) in [6.45, 7) is 4.29. The van der Waals surface area contributed by atoms with Crippen molar-refractivity contribution in [1.29, 1.82) is 0 Å². The summed E-state index contributed by atoms with van der Waals surface area (Å²) < 4.78 is 0. The zero-order valence-corrected chi connectivity index (χ0v) is 9.87. The van der Waals surface area contributed by atoms with Gasteiger partial charge in [0.2, 0.25) is 5.41 Å². The minimum Gasteiger partial charge on any atom is -0.298 e. The van der Waals surface area contributed by atoms with Crippen molar-refractivity contribution in [3.63, 3.8) is 0 Å². The summed E-state index contributed by atoms with van der Waals surface area (Å²) >= 11 is 0. The summed E-state index contributed by atoms with van der Waals surface area (Å²) in [5.74, 6) is -2.83. The predicted octanol–water partition coefficient (Wildman–Crippen LogP) is -0.0520. The fourth-order valence-corrected chi connectivity index (χ4v) is 1.49. The first kappa shape index (κ1) is 15.7. The summed E-state index contributed by atoms with van der Waals surface area (Å²) in [6.07, 6.45) is 0. The van der Waals surface area contributed by atoms with Crippen LogP contribution in [0.25, 0.3) is 0 Å². The first-order valence-electron chi connectivity index (χ1n) is 3.82. The molecule has 0 radical (unpaired) electrons. The summed E-state index contributed by atoms with van der Waals surface area (Å²) in [5, 5.41) is 0. The van der Waals surface area contributed by atoms with Gasteiger partial charge in [-0.25, -0.2) is 0 Å². The molecule has 0 aliphatic heterocycles. The topological polar surface area (TPSA) is 68.3 Å². The first-order chi connectivity index (χ1) is 5.77. The van der Waals surface area contributed by atoms with Crippen molar-refractivity contribution in [2.45, 2.75) is 27.7 Å². The molecule has 0 fully saturated rings. The number of rotatable bonds is 4. The first-order valence-corrected chi connectivity index (χ1v) is 3.82. The molecule has 0 aromatic heterocycles. The molecule has 0 aliphatic carbocycles. The summed E-state index contributed by atoms with van der Waals surface area (Å²) in [4.78, 5) is 44.5. The van der Waals surface area contributed by atoms with Gasteiger partial charge < -0.3 is 0 Å². The molecule has 0 bridgehead atoms. The Morgan fingerprint density at radius 1 is 0.643 bits per heavy atom. The van der Waals surface area contributed by atoms with Gasteiger partial charge in [0.1, 0.15) is 0 Å². The van der Waals surface area contributed by atoms with Crippen LogP contribution in [-0.4, -0.2) is 40.5 Å². The number of carbonyl (C=O) groups excluding carboxylic acids is 4. The maximum Gasteiger partial charge on any atom is 3.00 e. The number of hydrogen-bond donors (Lipinski definition) is 0. The Morgan fingerprint density at radius 3 is 0.786 bits per heavy atom. The number of Topliss-reactive ketones (excluding diaryl/α,β-unsaturated/α-hetero) is 4. The third kappa shape index (κ3) is 2.17. The molecule has 72 valence electrons. The molecule has 0 heterocycles. The average Bonchev–Trinajstić information content (AvgIpc) is 1.82. The van der Waals surface area contributed by atoms with E-state index in [-0.39, 0.29) is 17.4 Å². The summed E-state index contributed by atoms with van der Waals surface area (Å²) in [5.41, 5.74) is -2.06. The molecule has 0 atom stereocenters. The van der Waals surface area contributed by atoms with Gasteiger partial charge in [0, 0.05) is 0 Å². The molecule has 14 heavy (non-hydrogen) atoms. The van der Waals surface area contributed by atoms with Crippen LogP contribution in [0.4, 0.5) is 0 Å². The Morgan fingerprint density at radius 2 is 0.786 bits per heavy atom. The molecule has 4 nitrogen and oxygen atoms in total.